The van der Waals surface area contributed by atoms with Crippen molar-refractivity contribution in [2.45, 2.75) is 142 Å². The molecule has 0 aromatic rings. The molecule has 2 nitrogen and oxygen atoms in total. The lowest BCUT2D eigenvalue weighted by atomic mass is 9.98. The van der Waals surface area contributed by atoms with Crippen LogP contribution in [0.25, 0.3) is 0 Å². The van der Waals surface area contributed by atoms with Crippen LogP contribution >= 0.6 is 0 Å². The molecule has 0 aromatic carbocycles. The monoisotopic (exact) mass is 356 g/mol. The standard InChI is InChI=1S/C23H48O2/c1-6-7-8-9-10-11-12-13-14-15-16-17-18-19-20-23(4,5)25-21-22(2,3)24/h24H,6-21H2,1-5H3. The van der Waals surface area contributed by atoms with Gasteiger partial charge in [-0.2, -0.15) is 0 Å². The van der Waals surface area contributed by atoms with Crippen molar-refractivity contribution in [2.24, 2.45) is 0 Å². The summed E-state index contributed by atoms with van der Waals surface area (Å²) < 4.78 is 5.86. The minimum absolute atomic E-state index is 0.114. The van der Waals surface area contributed by atoms with Gasteiger partial charge < -0.3 is 9.84 Å². The summed E-state index contributed by atoms with van der Waals surface area (Å²) in [6.07, 6.45) is 20.7. The van der Waals surface area contributed by atoms with E-state index in [0.717, 1.165) is 6.42 Å². The highest BCUT2D eigenvalue weighted by Crippen LogP contribution is 2.21. The third-order valence-electron chi connectivity index (χ3n) is 4.95. The first-order chi connectivity index (χ1) is 11.8. The Morgan fingerprint density at radius 1 is 0.600 bits per heavy atom. The molecule has 1 N–H and O–H groups in total. The molecule has 0 aromatic heterocycles. The minimum Gasteiger partial charge on any atom is -0.388 e. The third kappa shape index (κ3) is 20.1. The van der Waals surface area contributed by atoms with Gasteiger partial charge in [0.05, 0.1) is 17.8 Å². The lowest BCUT2D eigenvalue weighted by Crippen LogP contribution is -2.34. The van der Waals surface area contributed by atoms with E-state index in [4.69, 9.17) is 4.74 Å². The summed E-state index contributed by atoms with van der Waals surface area (Å²) in [5.41, 5.74) is -0.843. The molecular formula is C23H48O2. The molecule has 25 heavy (non-hydrogen) atoms. The lowest BCUT2D eigenvalue weighted by Gasteiger charge is -2.29. The molecule has 0 radical (unpaired) electrons. The molecule has 152 valence electrons. The van der Waals surface area contributed by atoms with Crippen molar-refractivity contribution in [1.29, 1.82) is 0 Å². The molecule has 0 amide bonds. The van der Waals surface area contributed by atoms with Crippen LogP contribution in [0.1, 0.15) is 131 Å². The number of hydrogen-bond donors (Lipinski definition) is 1. The van der Waals surface area contributed by atoms with Gasteiger partial charge in [0.25, 0.3) is 0 Å². The molecule has 0 aliphatic heterocycles. The van der Waals surface area contributed by atoms with Crippen molar-refractivity contribution in [1.82, 2.24) is 0 Å². The van der Waals surface area contributed by atoms with E-state index in [-0.39, 0.29) is 5.60 Å². The van der Waals surface area contributed by atoms with E-state index in [9.17, 15) is 5.11 Å². The van der Waals surface area contributed by atoms with Crippen LogP contribution in [0.4, 0.5) is 0 Å². The lowest BCUT2D eigenvalue weighted by molar-refractivity contribution is -0.0946. The third-order valence-corrected chi connectivity index (χ3v) is 4.95. The van der Waals surface area contributed by atoms with Crippen LogP contribution in [-0.4, -0.2) is 22.9 Å². The van der Waals surface area contributed by atoms with Crippen molar-refractivity contribution in [3.63, 3.8) is 0 Å². The van der Waals surface area contributed by atoms with E-state index in [1.54, 1.807) is 13.8 Å². The molecule has 2 heteroatoms. The van der Waals surface area contributed by atoms with Crippen molar-refractivity contribution in [3.8, 4) is 0 Å². The van der Waals surface area contributed by atoms with Crippen LogP contribution in [0.3, 0.4) is 0 Å². The fourth-order valence-electron chi connectivity index (χ4n) is 3.19. The Morgan fingerprint density at radius 2 is 0.960 bits per heavy atom. The van der Waals surface area contributed by atoms with Gasteiger partial charge in [0, 0.05) is 0 Å². The zero-order valence-electron chi connectivity index (χ0n) is 18.2. The number of unbranched alkanes of at least 4 members (excludes halogenated alkanes) is 13. The number of aliphatic hydroxyl groups is 1. The summed E-state index contributed by atoms with van der Waals surface area (Å²) in [6, 6.07) is 0. The Kier molecular flexibility index (Phi) is 15.0. The second kappa shape index (κ2) is 15.0. The van der Waals surface area contributed by atoms with Gasteiger partial charge >= 0.3 is 0 Å². The second-order valence-electron chi connectivity index (χ2n) is 9.21. The summed E-state index contributed by atoms with van der Waals surface area (Å²) in [4.78, 5) is 0. The average molecular weight is 357 g/mol. The van der Waals surface area contributed by atoms with Gasteiger partial charge in [-0.3, -0.25) is 0 Å². The SMILES string of the molecule is CCCCCCCCCCCCCCCCC(C)(C)OCC(C)(C)O. The molecule has 0 saturated heterocycles. The molecule has 0 heterocycles. The molecule has 0 aliphatic carbocycles. The summed E-state index contributed by atoms with van der Waals surface area (Å²) in [7, 11) is 0. The van der Waals surface area contributed by atoms with Crippen LogP contribution in [0.2, 0.25) is 0 Å². The quantitative estimate of drug-likeness (QED) is 0.259. The molecule has 0 bridgehead atoms. The smallest absolute Gasteiger partial charge is 0.0824 e. The Bertz CT molecular complexity index is 278. The molecule has 0 atom stereocenters. The second-order valence-corrected chi connectivity index (χ2v) is 9.21. The maximum atomic E-state index is 9.75. The Balaban J connectivity index is 3.30. The highest BCUT2D eigenvalue weighted by Gasteiger charge is 2.22. The van der Waals surface area contributed by atoms with E-state index in [1.165, 1.54) is 89.9 Å². The fourth-order valence-corrected chi connectivity index (χ4v) is 3.19. The maximum Gasteiger partial charge on any atom is 0.0824 e. The molecule has 0 saturated carbocycles. The molecule has 0 aliphatic rings. The van der Waals surface area contributed by atoms with Gasteiger partial charge in [-0.1, -0.05) is 96.8 Å². The fraction of sp³-hybridized carbons (Fsp3) is 1.00. The molecular weight excluding hydrogens is 308 g/mol. The van der Waals surface area contributed by atoms with Crippen molar-refractivity contribution < 1.29 is 9.84 Å². The summed E-state index contributed by atoms with van der Waals surface area (Å²) >= 11 is 0. The largest absolute Gasteiger partial charge is 0.388 e. The Labute approximate surface area is 159 Å². The van der Waals surface area contributed by atoms with Gasteiger partial charge in [-0.25, -0.2) is 0 Å². The molecule has 0 rings (SSSR count). The van der Waals surface area contributed by atoms with Crippen LogP contribution in [0.15, 0.2) is 0 Å². The van der Waals surface area contributed by atoms with Gasteiger partial charge in [-0.05, 0) is 34.1 Å². The van der Waals surface area contributed by atoms with E-state index >= 15 is 0 Å². The Morgan fingerprint density at radius 3 is 1.32 bits per heavy atom. The van der Waals surface area contributed by atoms with Gasteiger partial charge in [-0.15, -0.1) is 0 Å². The first-order valence-electron chi connectivity index (χ1n) is 11.1. The normalized spacial score (nSPS) is 12.7. The van der Waals surface area contributed by atoms with E-state index in [0.29, 0.717) is 6.61 Å². The average Bonchev–Trinajstić information content (AvgIpc) is 2.53. The van der Waals surface area contributed by atoms with Crippen LogP contribution < -0.4 is 0 Å². The zero-order chi connectivity index (χ0) is 19.0. The number of ether oxygens (including phenoxy) is 1. The van der Waals surface area contributed by atoms with E-state index < -0.39 is 5.60 Å². The highest BCUT2D eigenvalue weighted by molar-refractivity contribution is 4.72. The summed E-state index contributed by atoms with van der Waals surface area (Å²) in [5.74, 6) is 0. The number of hydrogen-bond acceptors (Lipinski definition) is 2. The minimum atomic E-state index is -0.729. The van der Waals surface area contributed by atoms with Crippen LogP contribution in [-0.2, 0) is 4.74 Å². The van der Waals surface area contributed by atoms with Gasteiger partial charge in [0.1, 0.15) is 0 Å². The molecule has 0 unspecified atom stereocenters. The summed E-state index contributed by atoms with van der Waals surface area (Å²) in [5, 5.41) is 9.75. The first kappa shape index (κ1) is 24.9. The molecule has 0 spiro atoms. The van der Waals surface area contributed by atoms with Gasteiger partial charge in [0.2, 0.25) is 0 Å². The van der Waals surface area contributed by atoms with Crippen molar-refractivity contribution >= 4 is 0 Å². The Hall–Kier alpha value is -0.0800. The topological polar surface area (TPSA) is 29.5 Å². The van der Waals surface area contributed by atoms with Gasteiger partial charge in [0.15, 0.2) is 0 Å². The van der Waals surface area contributed by atoms with Crippen LogP contribution in [0.5, 0.6) is 0 Å². The first-order valence-corrected chi connectivity index (χ1v) is 11.1. The highest BCUT2D eigenvalue weighted by atomic mass is 16.5. The van der Waals surface area contributed by atoms with E-state index in [2.05, 4.69) is 20.8 Å². The predicted molar refractivity (Wildman–Crippen MR) is 111 cm³/mol. The molecule has 0 fully saturated rings. The van der Waals surface area contributed by atoms with Crippen molar-refractivity contribution in [3.05, 3.63) is 0 Å². The van der Waals surface area contributed by atoms with Crippen LogP contribution in [0, 0.1) is 0 Å². The summed E-state index contributed by atoms with van der Waals surface area (Å²) in [6.45, 7) is 10.6. The number of rotatable bonds is 18. The maximum absolute atomic E-state index is 9.75. The zero-order valence-corrected chi connectivity index (χ0v) is 18.2. The predicted octanol–water partition coefficient (Wildman–Crippen LogP) is 7.42. The van der Waals surface area contributed by atoms with E-state index in [1.807, 2.05) is 0 Å². The van der Waals surface area contributed by atoms with Crippen molar-refractivity contribution in [2.75, 3.05) is 6.61 Å².